The molecule has 6 heteroatoms. The maximum absolute atomic E-state index is 12.6. The van der Waals surface area contributed by atoms with Crippen LogP contribution in [0.4, 0.5) is 11.4 Å². The van der Waals surface area contributed by atoms with Crippen LogP contribution in [-0.4, -0.2) is 24.7 Å². The zero-order chi connectivity index (χ0) is 18.5. The number of carbonyl (C=O) groups is 1. The Hall–Kier alpha value is -3.28. The standard InChI is InChI=1S/C21H18N2O4/c1-11-3-4-12(7-17(11)25-2)22-21-13-8-18-19(27-10-26-18)9-15(13)23-14-5-6-16(24)20(14)21/h3-4,7-9H,5-6,10H2,1-2H3,(H,22,23). The van der Waals surface area contributed by atoms with Gasteiger partial charge < -0.3 is 19.5 Å². The number of benzene rings is 2. The Bertz CT molecular complexity index is 1110. The van der Waals surface area contributed by atoms with E-state index < -0.39 is 0 Å². The van der Waals surface area contributed by atoms with Crippen molar-refractivity contribution < 1.29 is 19.0 Å². The van der Waals surface area contributed by atoms with Gasteiger partial charge in [-0.2, -0.15) is 0 Å². The first-order valence-electron chi connectivity index (χ1n) is 8.85. The number of methoxy groups -OCH3 is 1. The van der Waals surface area contributed by atoms with Gasteiger partial charge in [-0.3, -0.25) is 9.78 Å². The van der Waals surface area contributed by atoms with E-state index in [0.29, 0.717) is 29.9 Å². The molecule has 0 spiro atoms. The number of aryl methyl sites for hydroxylation is 2. The van der Waals surface area contributed by atoms with Crippen molar-refractivity contribution in [2.45, 2.75) is 19.8 Å². The zero-order valence-electron chi connectivity index (χ0n) is 15.1. The maximum Gasteiger partial charge on any atom is 0.231 e. The van der Waals surface area contributed by atoms with Gasteiger partial charge in [0.15, 0.2) is 17.3 Å². The highest BCUT2D eigenvalue weighted by molar-refractivity contribution is 6.12. The lowest BCUT2D eigenvalue weighted by molar-refractivity contribution is 0.0995. The summed E-state index contributed by atoms with van der Waals surface area (Å²) in [6.45, 7) is 2.19. The first-order valence-corrected chi connectivity index (χ1v) is 8.85. The predicted octanol–water partition coefficient (Wildman–Crippen LogP) is 4.15. The lowest BCUT2D eigenvalue weighted by atomic mass is 10.0. The lowest BCUT2D eigenvalue weighted by Crippen LogP contribution is -2.03. The number of pyridine rings is 1. The molecule has 0 amide bonds. The molecule has 2 aromatic carbocycles. The Morgan fingerprint density at radius 3 is 2.74 bits per heavy atom. The largest absolute Gasteiger partial charge is 0.496 e. The number of fused-ring (bicyclic) bond motifs is 3. The summed E-state index contributed by atoms with van der Waals surface area (Å²) in [5, 5.41) is 4.27. The Morgan fingerprint density at radius 1 is 1.11 bits per heavy atom. The minimum atomic E-state index is 0.110. The maximum atomic E-state index is 12.6. The fourth-order valence-corrected chi connectivity index (χ4v) is 3.71. The smallest absolute Gasteiger partial charge is 0.231 e. The number of Topliss-reactive ketones (excluding diaryl/α,β-unsaturated/α-hetero) is 1. The average Bonchev–Trinajstić information content (AvgIpc) is 3.27. The van der Waals surface area contributed by atoms with Crippen LogP contribution in [-0.2, 0) is 6.42 Å². The number of carbonyl (C=O) groups excluding carboxylic acids is 1. The number of nitrogens with one attached hydrogen (secondary N) is 1. The van der Waals surface area contributed by atoms with Crippen LogP contribution in [0.15, 0.2) is 30.3 Å². The summed E-state index contributed by atoms with van der Waals surface area (Å²) < 4.78 is 16.4. The van der Waals surface area contributed by atoms with Crippen LogP contribution in [0.5, 0.6) is 17.2 Å². The third kappa shape index (κ3) is 2.48. The SMILES string of the molecule is COc1cc(Nc2c3c(nc4cc5c(cc24)OCO5)CCC3=O)ccc1C. The van der Waals surface area contributed by atoms with Crippen LogP contribution in [0.3, 0.4) is 0 Å². The Balaban J connectivity index is 1.72. The molecule has 0 fully saturated rings. The van der Waals surface area contributed by atoms with E-state index in [1.807, 2.05) is 37.3 Å². The van der Waals surface area contributed by atoms with E-state index in [4.69, 9.17) is 19.2 Å². The fraction of sp³-hybridized carbons (Fsp3) is 0.238. The number of ether oxygens (including phenoxy) is 3. The van der Waals surface area contributed by atoms with Crippen molar-refractivity contribution in [3.05, 3.63) is 47.2 Å². The Labute approximate surface area is 156 Å². The summed E-state index contributed by atoms with van der Waals surface area (Å²) in [6.07, 6.45) is 1.14. The molecule has 0 unspecified atom stereocenters. The number of hydrogen-bond donors (Lipinski definition) is 1. The molecule has 1 aliphatic carbocycles. The van der Waals surface area contributed by atoms with E-state index in [9.17, 15) is 4.79 Å². The molecular weight excluding hydrogens is 344 g/mol. The number of hydrogen-bond acceptors (Lipinski definition) is 6. The molecule has 6 nitrogen and oxygen atoms in total. The van der Waals surface area contributed by atoms with Crippen molar-refractivity contribution >= 4 is 28.1 Å². The van der Waals surface area contributed by atoms with Gasteiger partial charge in [-0.15, -0.1) is 0 Å². The second-order valence-electron chi connectivity index (χ2n) is 6.76. The van der Waals surface area contributed by atoms with E-state index in [1.165, 1.54) is 0 Å². The third-order valence-electron chi connectivity index (χ3n) is 5.10. The summed E-state index contributed by atoms with van der Waals surface area (Å²) in [5.41, 5.74) is 4.95. The Kier molecular flexibility index (Phi) is 3.47. The van der Waals surface area contributed by atoms with Gasteiger partial charge in [-0.25, -0.2) is 0 Å². The lowest BCUT2D eigenvalue weighted by Gasteiger charge is -2.16. The highest BCUT2D eigenvalue weighted by Crippen LogP contribution is 2.42. The van der Waals surface area contributed by atoms with Gasteiger partial charge in [0.1, 0.15) is 5.75 Å². The second-order valence-corrected chi connectivity index (χ2v) is 6.76. The third-order valence-corrected chi connectivity index (χ3v) is 5.10. The fourth-order valence-electron chi connectivity index (χ4n) is 3.71. The normalized spacial score (nSPS) is 14.5. The molecule has 1 aliphatic heterocycles. The van der Waals surface area contributed by atoms with Crippen molar-refractivity contribution in [3.63, 3.8) is 0 Å². The van der Waals surface area contributed by atoms with Crippen LogP contribution >= 0.6 is 0 Å². The van der Waals surface area contributed by atoms with Gasteiger partial charge in [-0.1, -0.05) is 6.07 Å². The average molecular weight is 362 g/mol. The van der Waals surface area contributed by atoms with E-state index in [0.717, 1.165) is 39.3 Å². The Morgan fingerprint density at radius 2 is 1.93 bits per heavy atom. The topological polar surface area (TPSA) is 69.7 Å². The summed E-state index contributed by atoms with van der Waals surface area (Å²) in [6, 6.07) is 9.66. The summed E-state index contributed by atoms with van der Waals surface area (Å²) in [5.74, 6) is 2.25. The summed E-state index contributed by atoms with van der Waals surface area (Å²) in [4.78, 5) is 17.3. The number of ketones is 1. The van der Waals surface area contributed by atoms with Gasteiger partial charge in [0.25, 0.3) is 0 Å². The first kappa shape index (κ1) is 15.9. The molecule has 2 heterocycles. The van der Waals surface area contributed by atoms with Gasteiger partial charge in [-0.05, 0) is 31.0 Å². The van der Waals surface area contributed by atoms with E-state index in [1.54, 1.807) is 7.11 Å². The van der Waals surface area contributed by atoms with E-state index in [2.05, 4.69) is 5.32 Å². The highest BCUT2D eigenvalue weighted by atomic mass is 16.7. The molecule has 3 aromatic rings. The molecule has 0 saturated carbocycles. The predicted molar refractivity (Wildman–Crippen MR) is 102 cm³/mol. The molecule has 1 aromatic heterocycles. The minimum Gasteiger partial charge on any atom is -0.496 e. The van der Waals surface area contributed by atoms with Crippen molar-refractivity contribution in [1.29, 1.82) is 0 Å². The van der Waals surface area contributed by atoms with E-state index >= 15 is 0 Å². The van der Waals surface area contributed by atoms with Crippen LogP contribution in [0, 0.1) is 6.92 Å². The summed E-state index contributed by atoms with van der Waals surface area (Å²) in [7, 11) is 1.65. The first-order chi connectivity index (χ1) is 13.1. The molecule has 0 bridgehead atoms. The van der Waals surface area contributed by atoms with Gasteiger partial charge in [0.05, 0.1) is 29.6 Å². The molecular formula is C21H18N2O4. The minimum absolute atomic E-state index is 0.110. The van der Waals surface area contributed by atoms with Gasteiger partial charge in [0.2, 0.25) is 6.79 Å². The highest BCUT2D eigenvalue weighted by Gasteiger charge is 2.28. The van der Waals surface area contributed by atoms with Crippen LogP contribution < -0.4 is 19.5 Å². The van der Waals surface area contributed by atoms with Crippen LogP contribution in [0.2, 0.25) is 0 Å². The van der Waals surface area contributed by atoms with Gasteiger partial charge in [0, 0.05) is 29.6 Å². The zero-order valence-corrected chi connectivity index (χ0v) is 15.1. The van der Waals surface area contributed by atoms with Crippen molar-refractivity contribution in [2.75, 3.05) is 19.2 Å². The molecule has 136 valence electrons. The number of aromatic nitrogens is 1. The number of rotatable bonds is 3. The molecule has 1 N–H and O–H groups in total. The molecule has 5 rings (SSSR count). The monoisotopic (exact) mass is 362 g/mol. The molecule has 0 radical (unpaired) electrons. The quantitative estimate of drug-likeness (QED) is 0.755. The van der Waals surface area contributed by atoms with Crippen molar-refractivity contribution in [2.24, 2.45) is 0 Å². The number of nitrogens with zero attached hydrogens (tertiary/aromatic N) is 1. The number of anilines is 2. The van der Waals surface area contributed by atoms with Gasteiger partial charge >= 0.3 is 0 Å². The molecule has 27 heavy (non-hydrogen) atoms. The molecule has 0 saturated heterocycles. The van der Waals surface area contributed by atoms with Crippen molar-refractivity contribution in [1.82, 2.24) is 4.98 Å². The van der Waals surface area contributed by atoms with Crippen molar-refractivity contribution in [3.8, 4) is 17.2 Å². The van der Waals surface area contributed by atoms with Crippen LogP contribution in [0.25, 0.3) is 10.9 Å². The van der Waals surface area contributed by atoms with Crippen LogP contribution in [0.1, 0.15) is 28.0 Å². The molecule has 2 aliphatic rings. The second kappa shape index (κ2) is 5.87. The van der Waals surface area contributed by atoms with E-state index in [-0.39, 0.29) is 12.6 Å². The summed E-state index contributed by atoms with van der Waals surface area (Å²) >= 11 is 0. The molecule has 0 atom stereocenters.